The molecule has 0 aliphatic carbocycles. The standard InChI is InChI=1S/C26H26N6O2S/c1-3-19-7-9-20(10-8-19)16-28-29-24(33)18-35-26-31-30-25(21-6-5-15-27-17-21)32(26)22-11-13-23(14-12-22)34-4-2/h5-17H,3-4,18H2,1-2H3,(H,29,33). The van der Waals surface area contributed by atoms with E-state index in [0.717, 1.165) is 29.0 Å². The average Bonchev–Trinajstić information content (AvgIpc) is 3.33. The van der Waals surface area contributed by atoms with E-state index in [0.29, 0.717) is 17.6 Å². The second-order valence-electron chi connectivity index (χ2n) is 7.49. The molecule has 4 rings (SSSR count). The summed E-state index contributed by atoms with van der Waals surface area (Å²) >= 11 is 1.28. The second-order valence-corrected chi connectivity index (χ2v) is 8.43. The van der Waals surface area contributed by atoms with Gasteiger partial charge in [0.1, 0.15) is 5.75 Å². The van der Waals surface area contributed by atoms with Crippen molar-refractivity contribution >= 4 is 23.9 Å². The number of hydrazone groups is 1. The summed E-state index contributed by atoms with van der Waals surface area (Å²) in [5.41, 5.74) is 6.43. The van der Waals surface area contributed by atoms with Crippen LogP contribution in [-0.2, 0) is 11.2 Å². The smallest absolute Gasteiger partial charge is 0.250 e. The van der Waals surface area contributed by atoms with Gasteiger partial charge < -0.3 is 4.74 Å². The van der Waals surface area contributed by atoms with Crippen LogP contribution in [0.4, 0.5) is 0 Å². The van der Waals surface area contributed by atoms with Crippen LogP contribution >= 0.6 is 11.8 Å². The van der Waals surface area contributed by atoms with E-state index in [9.17, 15) is 4.79 Å². The molecular weight excluding hydrogens is 460 g/mol. The molecule has 2 aromatic carbocycles. The van der Waals surface area contributed by atoms with E-state index in [-0.39, 0.29) is 11.7 Å². The van der Waals surface area contributed by atoms with Gasteiger partial charge in [0.2, 0.25) is 0 Å². The van der Waals surface area contributed by atoms with Crippen LogP contribution < -0.4 is 10.2 Å². The van der Waals surface area contributed by atoms with Crippen molar-refractivity contribution in [1.82, 2.24) is 25.2 Å². The number of nitrogens with zero attached hydrogens (tertiary/aromatic N) is 5. The lowest BCUT2D eigenvalue weighted by molar-refractivity contribution is -0.118. The number of pyridine rings is 1. The van der Waals surface area contributed by atoms with Gasteiger partial charge >= 0.3 is 0 Å². The number of amides is 1. The summed E-state index contributed by atoms with van der Waals surface area (Å²) < 4.78 is 7.47. The lowest BCUT2D eigenvalue weighted by atomic mass is 10.1. The van der Waals surface area contributed by atoms with Crippen LogP contribution in [0.2, 0.25) is 0 Å². The fraction of sp³-hybridized carbons (Fsp3) is 0.192. The number of hydrogen-bond donors (Lipinski definition) is 1. The third kappa shape index (κ3) is 6.33. The lowest BCUT2D eigenvalue weighted by Gasteiger charge is -2.11. The van der Waals surface area contributed by atoms with Crippen molar-refractivity contribution in [3.63, 3.8) is 0 Å². The first kappa shape index (κ1) is 24.2. The van der Waals surface area contributed by atoms with Crippen molar-refractivity contribution in [1.29, 1.82) is 0 Å². The molecule has 0 spiro atoms. The Bertz CT molecular complexity index is 1270. The monoisotopic (exact) mass is 486 g/mol. The molecule has 0 fully saturated rings. The van der Waals surface area contributed by atoms with Gasteiger partial charge in [-0.25, -0.2) is 5.43 Å². The maximum Gasteiger partial charge on any atom is 0.250 e. The Labute approximate surface area is 208 Å². The number of benzene rings is 2. The van der Waals surface area contributed by atoms with Crippen molar-refractivity contribution in [3.05, 3.63) is 84.2 Å². The van der Waals surface area contributed by atoms with E-state index < -0.39 is 0 Å². The van der Waals surface area contributed by atoms with Crippen LogP contribution in [0.3, 0.4) is 0 Å². The summed E-state index contributed by atoms with van der Waals surface area (Å²) in [5, 5.41) is 13.4. The maximum atomic E-state index is 12.4. The van der Waals surface area contributed by atoms with E-state index in [4.69, 9.17) is 4.74 Å². The van der Waals surface area contributed by atoms with Crippen LogP contribution in [-0.4, -0.2) is 44.2 Å². The molecule has 0 bridgehead atoms. The first-order chi connectivity index (χ1) is 17.2. The highest BCUT2D eigenvalue weighted by molar-refractivity contribution is 7.99. The molecule has 0 unspecified atom stereocenters. The van der Waals surface area contributed by atoms with Crippen LogP contribution in [0, 0.1) is 0 Å². The Morgan fingerprint density at radius 2 is 1.89 bits per heavy atom. The normalized spacial score (nSPS) is 11.0. The zero-order valence-electron chi connectivity index (χ0n) is 19.6. The summed E-state index contributed by atoms with van der Waals surface area (Å²) in [6.45, 7) is 4.65. The van der Waals surface area contributed by atoms with Crippen molar-refractivity contribution in [3.8, 4) is 22.8 Å². The van der Waals surface area contributed by atoms with Gasteiger partial charge in [-0.2, -0.15) is 5.10 Å². The van der Waals surface area contributed by atoms with E-state index >= 15 is 0 Å². The number of carbonyl (C=O) groups is 1. The van der Waals surface area contributed by atoms with Crippen LogP contribution in [0.15, 0.2) is 83.3 Å². The molecule has 0 saturated heterocycles. The number of aryl methyl sites for hydroxylation is 1. The number of hydrogen-bond acceptors (Lipinski definition) is 7. The van der Waals surface area contributed by atoms with Crippen LogP contribution in [0.1, 0.15) is 25.0 Å². The van der Waals surface area contributed by atoms with Crippen molar-refractivity contribution < 1.29 is 9.53 Å². The molecule has 35 heavy (non-hydrogen) atoms. The summed E-state index contributed by atoms with van der Waals surface area (Å²) in [4.78, 5) is 16.6. The molecule has 1 amide bonds. The number of nitrogens with one attached hydrogen (secondary N) is 1. The largest absolute Gasteiger partial charge is 0.494 e. The molecule has 0 aliphatic heterocycles. The van der Waals surface area contributed by atoms with E-state index in [1.807, 2.05) is 72.2 Å². The van der Waals surface area contributed by atoms with Crippen LogP contribution in [0.25, 0.3) is 17.1 Å². The summed E-state index contributed by atoms with van der Waals surface area (Å²) in [7, 11) is 0. The highest BCUT2D eigenvalue weighted by atomic mass is 32.2. The van der Waals surface area contributed by atoms with Gasteiger partial charge in [0.15, 0.2) is 11.0 Å². The first-order valence-corrected chi connectivity index (χ1v) is 12.3. The number of thioether (sulfide) groups is 1. The number of rotatable bonds is 10. The van der Waals surface area contributed by atoms with E-state index in [2.05, 4.69) is 32.6 Å². The number of ether oxygens (including phenoxy) is 1. The summed E-state index contributed by atoms with van der Waals surface area (Å²) in [6, 6.07) is 19.5. The second kappa shape index (κ2) is 11.9. The molecule has 8 nitrogen and oxygen atoms in total. The van der Waals surface area contributed by atoms with E-state index in [1.165, 1.54) is 17.3 Å². The Kier molecular flexibility index (Phi) is 8.24. The lowest BCUT2D eigenvalue weighted by Crippen LogP contribution is -2.20. The number of aromatic nitrogens is 4. The first-order valence-electron chi connectivity index (χ1n) is 11.3. The minimum atomic E-state index is -0.236. The molecule has 2 aromatic heterocycles. The molecule has 0 atom stereocenters. The van der Waals surface area contributed by atoms with Gasteiger partial charge in [-0.05, 0) is 60.9 Å². The van der Waals surface area contributed by atoms with Gasteiger partial charge in [-0.1, -0.05) is 43.0 Å². The van der Waals surface area contributed by atoms with Crippen LogP contribution in [0.5, 0.6) is 5.75 Å². The van der Waals surface area contributed by atoms with Crippen molar-refractivity contribution in [2.45, 2.75) is 25.4 Å². The minimum Gasteiger partial charge on any atom is -0.494 e. The molecular formula is C26H26N6O2S. The third-order valence-corrected chi connectivity index (χ3v) is 6.01. The fourth-order valence-electron chi connectivity index (χ4n) is 3.32. The quantitative estimate of drug-likeness (QED) is 0.201. The van der Waals surface area contributed by atoms with Gasteiger partial charge in [-0.3, -0.25) is 14.3 Å². The maximum absolute atomic E-state index is 12.4. The molecule has 9 heteroatoms. The summed E-state index contributed by atoms with van der Waals surface area (Å²) in [5.74, 6) is 1.32. The molecule has 178 valence electrons. The molecule has 4 aromatic rings. The Morgan fingerprint density at radius 3 is 2.57 bits per heavy atom. The number of carbonyl (C=O) groups excluding carboxylic acids is 1. The topological polar surface area (TPSA) is 94.3 Å². The van der Waals surface area contributed by atoms with E-state index in [1.54, 1.807) is 18.6 Å². The van der Waals surface area contributed by atoms with Gasteiger partial charge in [0.25, 0.3) is 5.91 Å². The minimum absolute atomic E-state index is 0.133. The molecule has 1 N–H and O–H groups in total. The summed E-state index contributed by atoms with van der Waals surface area (Å²) in [6.07, 6.45) is 6.05. The predicted octanol–water partition coefficient (Wildman–Crippen LogP) is 4.53. The Balaban J connectivity index is 1.48. The van der Waals surface area contributed by atoms with Crippen molar-refractivity contribution in [2.75, 3.05) is 12.4 Å². The molecule has 2 heterocycles. The van der Waals surface area contributed by atoms with Crippen molar-refractivity contribution in [2.24, 2.45) is 5.10 Å². The third-order valence-electron chi connectivity index (χ3n) is 5.08. The molecule has 0 radical (unpaired) electrons. The average molecular weight is 487 g/mol. The SMILES string of the molecule is CCOc1ccc(-n2c(SCC(=O)NN=Cc3ccc(CC)cc3)nnc2-c2cccnc2)cc1. The molecule has 0 saturated carbocycles. The van der Waals surface area contributed by atoms with Gasteiger partial charge in [0.05, 0.1) is 18.6 Å². The Morgan fingerprint density at radius 1 is 1.09 bits per heavy atom. The molecule has 0 aliphatic rings. The van der Waals surface area contributed by atoms with Gasteiger partial charge in [-0.15, -0.1) is 10.2 Å². The van der Waals surface area contributed by atoms with Gasteiger partial charge in [0, 0.05) is 23.6 Å². The highest BCUT2D eigenvalue weighted by Gasteiger charge is 2.17. The zero-order chi connectivity index (χ0) is 24.5. The Hall–Kier alpha value is -3.98. The highest BCUT2D eigenvalue weighted by Crippen LogP contribution is 2.28. The fourth-order valence-corrected chi connectivity index (χ4v) is 4.06. The zero-order valence-corrected chi connectivity index (χ0v) is 20.4. The predicted molar refractivity (Wildman–Crippen MR) is 138 cm³/mol.